The lowest BCUT2D eigenvalue weighted by atomic mass is 9.77. The number of rotatable bonds is 8. The summed E-state index contributed by atoms with van der Waals surface area (Å²) in [4.78, 5) is 31.8. The van der Waals surface area contributed by atoms with Crippen molar-refractivity contribution in [1.82, 2.24) is 14.7 Å². The molecule has 2 fully saturated rings. The van der Waals surface area contributed by atoms with Gasteiger partial charge in [-0.1, -0.05) is 6.07 Å². The molecule has 2 aliphatic heterocycles. The molecule has 8 nitrogen and oxygen atoms in total. The predicted molar refractivity (Wildman–Crippen MR) is 161 cm³/mol. The highest BCUT2D eigenvalue weighted by molar-refractivity contribution is 7.90. The molecule has 0 bridgehead atoms. The molecule has 4 rings (SSSR count). The van der Waals surface area contributed by atoms with E-state index in [4.69, 9.17) is 0 Å². The van der Waals surface area contributed by atoms with E-state index in [0.29, 0.717) is 42.6 Å². The van der Waals surface area contributed by atoms with Crippen molar-refractivity contribution in [3.8, 4) is 0 Å². The van der Waals surface area contributed by atoms with Gasteiger partial charge in [0, 0.05) is 57.9 Å². The third-order valence-electron chi connectivity index (χ3n) is 8.99. The summed E-state index contributed by atoms with van der Waals surface area (Å²) in [6.45, 7) is 1.75. The minimum Gasteiger partial charge on any atom is -0.377 e. The lowest BCUT2D eigenvalue weighted by molar-refractivity contribution is -0.145. The number of piperidine rings is 2. The second kappa shape index (κ2) is 14.3. The van der Waals surface area contributed by atoms with Crippen LogP contribution in [0.15, 0.2) is 36.4 Å². The molecule has 0 saturated carbocycles. The van der Waals surface area contributed by atoms with Gasteiger partial charge in [0.1, 0.15) is 12.0 Å². The van der Waals surface area contributed by atoms with Crippen molar-refractivity contribution >= 4 is 21.7 Å². The Balaban J connectivity index is 1.57. The number of alkyl halides is 6. The smallest absolute Gasteiger partial charge is 0.377 e. The first-order valence-corrected chi connectivity index (χ1v) is 17.4. The van der Waals surface area contributed by atoms with Gasteiger partial charge in [-0.15, -0.1) is 0 Å². The van der Waals surface area contributed by atoms with Crippen LogP contribution in [-0.2, 0) is 38.3 Å². The van der Waals surface area contributed by atoms with Gasteiger partial charge in [-0.05, 0) is 73.2 Å². The minimum absolute atomic E-state index is 0.0172. The minimum atomic E-state index is -5.05. The first kappa shape index (κ1) is 37.6. The van der Waals surface area contributed by atoms with E-state index in [0.717, 1.165) is 11.2 Å². The van der Waals surface area contributed by atoms with Crippen molar-refractivity contribution in [2.24, 2.45) is 11.8 Å². The predicted octanol–water partition coefficient (Wildman–Crippen LogP) is 4.84. The van der Waals surface area contributed by atoms with Crippen LogP contribution in [0.5, 0.6) is 0 Å². The average Bonchev–Trinajstić information content (AvgIpc) is 2.98. The first-order chi connectivity index (χ1) is 22.1. The highest BCUT2D eigenvalue weighted by Crippen LogP contribution is 2.39. The maximum Gasteiger partial charge on any atom is 0.416 e. The van der Waals surface area contributed by atoms with Gasteiger partial charge in [-0.2, -0.15) is 26.3 Å². The fourth-order valence-corrected chi connectivity index (χ4v) is 7.43. The number of sulfone groups is 1. The summed E-state index contributed by atoms with van der Waals surface area (Å²) in [5, 5.41) is 10.5. The molecule has 2 aliphatic rings. The fraction of sp³-hybridized carbons (Fsp3) is 0.562. The first-order valence-electron chi connectivity index (χ1n) is 15.3. The van der Waals surface area contributed by atoms with Gasteiger partial charge in [0.2, 0.25) is 11.8 Å². The molecule has 2 aromatic carbocycles. The van der Waals surface area contributed by atoms with Gasteiger partial charge in [-0.25, -0.2) is 12.8 Å². The van der Waals surface area contributed by atoms with Crippen molar-refractivity contribution in [2.45, 2.75) is 57.2 Å². The van der Waals surface area contributed by atoms with Crippen LogP contribution in [0.4, 0.5) is 30.7 Å². The molecule has 1 N–H and O–H groups in total. The van der Waals surface area contributed by atoms with E-state index in [1.807, 2.05) is 0 Å². The largest absolute Gasteiger partial charge is 0.416 e. The van der Waals surface area contributed by atoms with E-state index in [1.54, 1.807) is 11.8 Å². The number of aryl methyl sites for hydroxylation is 1. The number of likely N-dealkylation sites (tertiary alicyclic amines) is 2. The van der Waals surface area contributed by atoms with E-state index < -0.39 is 81.3 Å². The van der Waals surface area contributed by atoms with Crippen LogP contribution in [0.3, 0.4) is 0 Å². The molecular weight excluding hydrogens is 671 g/mol. The fourth-order valence-electron chi connectivity index (χ4n) is 6.68. The standard InChI is InChI=1S/C32H38F7N3O5S/c1-19-11-24(33)6-7-25(19)27-17-42(29(44)21-5-4-9-41(16-21)28(43)18-48(3,46)47)10-8-26(27)30(45)40(2)15-20-12-22(31(34,35)36)14-23(13-20)32(37,38)39/h6-7,11-14,21,26-28,43H,4-5,8-10,15-18H2,1-3H3/t21?,26-,27+,28?/m1/s1. The molecule has 4 atom stereocenters. The number of benzene rings is 2. The summed E-state index contributed by atoms with van der Waals surface area (Å²) in [5.41, 5.74) is -2.30. The summed E-state index contributed by atoms with van der Waals surface area (Å²) in [6, 6.07) is 5.13. The van der Waals surface area contributed by atoms with Crippen molar-refractivity contribution in [3.63, 3.8) is 0 Å². The van der Waals surface area contributed by atoms with Gasteiger partial charge in [0.05, 0.1) is 22.8 Å². The molecule has 2 aromatic rings. The normalized spacial score (nSPS) is 22.0. The van der Waals surface area contributed by atoms with Gasteiger partial charge < -0.3 is 14.9 Å². The zero-order chi connectivity index (χ0) is 35.8. The summed E-state index contributed by atoms with van der Waals surface area (Å²) in [7, 11) is -2.21. The Kier molecular flexibility index (Phi) is 11.2. The number of aliphatic hydroxyl groups excluding tert-OH is 1. The van der Waals surface area contributed by atoms with Crippen molar-refractivity contribution < 1.29 is 53.8 Å². The molecular formula is C32H38F7N3O5S. The second-order valence-corrected chi connectivity index (χ2v) is 15.0. The van der Waals surface area contributed by atoms with Crippen LogP contribution >= 0.6 is 0 Å². The Bertz CT molecular complexity index is 1580. The van der Waals surface area contributed by atoms with E-state index in [2.05, 4.69) is 0 Å². The number of carbonyl (C=O) groups is 2. The Labute approximate surface area is 274 Å². The van der Waals surface area contributed by atoms with Crippen LogP contribution in [0.2, 0.25) is 0 Å². The summed E-state index contributed by atoms with van der Waals surface area (Å²) in [6.07, 6.45) is -9.26. The number of hydrogen-bond donors (Lipinski definition) is 1. The number of aliphatic hydroxyl groups is 1. The molecule has 0 radical (unpaired) electrons. The summed E-state index contributed by atoms with van der Waals surface area (Å²) >= 11 is 0. The molecule has 2 unspecified atom stereocenters. The molecule has 266 valence electrons. The number of amides is 2. The van der Waals surface area contributed by atoms with E-state index in [-0.39, 0.29) is 43.6 Å². The molecule has 2 saturated heterocycles. The molecule has 16 heteroatoms. The van der Waals surface area contributed by atoms with E-state index in [1.165, 1.54) is 30.1 Å². The Hall–Kier alpha value is -3.24. The van der Waals surface area contributed by atoms with Gasteiger partial charge in [-0.3, -0.25) is 14.5 Å². The maximum atomic E-state index is 14.1. The van der Waals surface area contributed by atoms with Crippen LogP contribution < -0.4 is 0 Å². The summed E-state index contributed by atoms with van der Waals surface area (Å²) < 4.78 is 118. The van der Waals surface area contributed by atoms with Crippen LogP contribution in [0.25, 0.3) is 0 Å². The van der Waals surface area contributed by atoms with Gasteiger partial charge in [0.15, 0.2) is 9.84 Å². The molecule has 0 aliphatic carbocycles. The van der Waals surface area contributed by atoms with E-state index in [9.17, 15) is 53.8 Å². The van der Waals surface area contributed by atoms with E-state index >= 15 is 0 Å². The van der Waals surface area contributed by atoms with Gasteiger partial charge in [0.25, 0.3) is 0 Å². The highest BCUT2D eigenvalue weighted by Gasteiger charge is 2.42. The number of hydrogen-bond acceptors (Lipinski definition) is 6. The summed E-state index contributed by atoms with van der Waals surface area (Å²) in [5.74, 6) is -3.93. The van der Waals surface area contributed by atoms with Crippen LogP contribution in [0, 0.1) is 24.6 Å². The average molecular weight is 710 g/mol. The third-order valence-corrected chi connectivity index (χ3v) is 9.90. The maximum absolute atomic E-state index is 14.1. The zero-order valence-electron chi connectivity index (χ0n) is 26.6. The quantitative estimate of drug-likeness (QED) is 0.395. The third kappa shape index (κ3) is 9.26. The SMILES string of the molecule is Cc1cc(F)ccc1[C@@H]1CN(C(=O)C2CCCN(C(O)CS(C)(=O)=O)C2)CC[C@H]1C(=O)N(C)Cc1cc(C(F)(F)F)cc(C(F)(F)F)c1. The molecule has 2 amide bonds. The molecule has 48 heavy (non-hydrogen) atoms. The second-order valence-electron chi connectivity index (χ2n) is 12.8. The monoisotopic (exact) mass is 709 g/mol. The van der Waals surface area contributed by atoms with Crippen LogP contribution in [0.1, 0.15) is 53.0 Å². The number of carbonyl (C=O) groups excluding carboxylic acids is 2. The molecule has 0 aromatic heterocycles. The molecule has 2 heterocycles. The van der Waals surface area contributed by atoms with Crippen molar-refractivity contribution in [2.75, 3.05) is 45.2 Å². The Morgan fingerprint density at radius 3 is 2.17 bits per heavy atom. The van der Waals surface area contributed by atoms with Crippen molar-refractivity contribution in [1.29, 1.82) is 0 Å². The van der Waals surface area contributed by atoms with Crippen molar-refractivity contribution in [3.05, 3.63) is 70.0 Å². The number of halogens is 7. The topological polar surface area (TPSA) is 98.2 Å². The van der Waals surface area contributed by atoms with Gasteiger partial charge >= 0.3 is 12.4 Å². The Morgan fingerprint density at radius 2 is 1.60 bits per heavy atom. The Morgan fingerprint density at radius 1 is 0.979 bits per heavy atom. The number of nitrogens with zero attached hydrogens (tertiary/aromatic N) is 3. The lowest BCUT2D eigenvalue weighted by Gasteiger charge is -2.42. The highest BCUT2D eigenvalue weighted by atomic mass is 32.2. The molecule has 0 spiro atoms. The lowest BCUT2D eigenvalue weighted by Crippen LogP contribution is -2.53. The van der Waals surface area contributed by atoms with Crippen LogP contribution in [-0.4, -0.2) is 91.5 Å². The zero-order valence-corrected chi connectivity index (χ0v) is 27.4.